The second-order valence-corrected chi connectivity index (χ2v) is 10.0. The van der Waals surface area contributed by atoms with Gasteiger partial charge in [-0.2, -0.15) is 4.98 Å². The van der Waals surface area contributed by atoms with Crippen LogP contribution in [-0.4, -0.2) is 70.4 Å². The van der Waals surface area contributed by atoms with Crippen LogP contribution in [0.15, 0.2) is 54.6 Å². The van der Waals surface area contributed by atoms with E-state index in [1.54, 1.807) is 36.4 Å². The van der Waals surface area contributed by atoms with Crippen LogP contribution in [0.5, 0.6) is 0 Å². The number of hydrogen-bond acceptors (Lipinski definition) is 8. The first-order valence-corrected chi connectivity index (χ1v) is 13.3. The number of amides is 1. The zero-order chi connectivity index (χ0) is 27.7. The van der Waals surface area contributed by atoms with Crippen LogP contribution in [0.3, 0.4) is 0 Å². The average molecular weight is 549 g/mol. The topological polar surface area (TPSA) is 123 Å². The van der Waals surface area contributed by atoms with Crippen molar-refractivity contribution in [2.75, 3.05) is 49.6 Å². The van der Waals surface area contributed by atoms with Crippen LogP contribution >= 0.6 is 0 Å². The molecule has 0 bridgehead atoms. The lowest BCUT2D eigenvalue weighted by atomic mass is 9.88. The van der Waals surface area contributed by atoms with Crippen LogP contribution in [-0.2, 0) is 9.53 Å². The minimum Gasteiger partial charge on any atom is -0.378 e. The molecule has 4 heterocycles. The molecule has 2 aliphatic rings. The summed E-state index contributed by atoms with van der Waals surface area (Å²) in [5, 5.41) is 6.14. The van der Waals surface area contributed by atoms with Gasteiger partial charge in [0.2, 0.25) is 11.9 Å². The minimum atomic E-state index is -2.82. The van der Waals surface area contributed by atoms with Crippen LogP contribution in [0.2, 0.25) is 0 Å². The number of para-hydroxylation sites is 2. The summed E-state index contributed by atoms with van der Waals surface area (Å²) in [7, 11) is 0. The van der Waals surface area contributed by atoms with Crippen molar-refractivity contribution in [3.05, 3.63) is 60.4 Å². The maximum absolute atomic E-state index is 14.1. The molecule has 2 saturated heterocycles. The smallest absolute Gasteiger partial charge is 0.296 e. The lowest BCUT2D eigenvalue weighted by molar-refractivity contribution is -0.122. The molecule has 1 amide bonds. The van der Waals surface area contributed by atoms with Gasteiger partial charge in [-0.15, -0.1) is 0 Å². The van der Waals surface area contributed by atoms with Gasteiger partial charge in [0, 0.05) is 30.4 Å². The number of rotatable bonds is 6. The molecule has 0 spiro atoms. The third kappa shape index (κ3) is 5.12. The summed E-state index contributed by atoms with van der Waals surface area (Å²) in [6, 6.07) is 16.0. The number of hydrogen-bond donors (Lipinski definition) is 3. The Morgan fingerprint density at radius 1 is 1.02 bits per heavy atom. The first-order chi connectivity index (χ1) is 19.4. The number of piperidine rings is 1. The van der Waals surface area contributed by atoms with E-state index in [0.717, 1.165) is 5.56 Å². The summed E-state index contributed by atoms with van der Waals surface area (Å²) in [6.07, 6.45) is -1.69. The van der Waals surface area contributed by atoms with Crippen molar-refractivity contribution in [2.45, 2.75) is 24.8 Å². The largest absolute Gasteiger partial charge is 0.378 e. The Bertz CT molecular complexity index is 1510. The first-order valence-electron chi connectivity index (χ1n) is 13.3. The number of nitrogens with two attached hydrogens (primary N) is 1. The Morgan fingerprint density at radius 2 is 1.75 bits per heavy atom. The number of benzene rings is 2. The zero-order valence-corrected chi connectivity index (χ0v) is 21.8. The molecule has 208 valence electrons. The molecule has 0 aliphatic carbocycles. The van der Waals surface area contributed by atoms with E-state index in [-0.39, 0.29) is 11.9 Å². The Kier molecular flexibility index (Phi) is 7.13. The standard InChI is InChI=1S/C28H30F2N8O2/c29-24(30)25-34-20-3-1-2-4-22(20)38(25)27-35-21(17-23(36-27)37-13-15-40-16-14-37)18-5-7-19(8-6-18)33-26(39)28(31)9-11-32-12-10-28/h1-8,17,24,32H,9-16,31H2,(H,33,39). The first kappa shape index (κ1) is 26.2. The fraction of sp³-hybridized carbons (Fsp3) is 0.357. The number of ether oxygens (including phenoxy) is 1. The summed E-state index contributed by atoms with van der Waals surface area (Å²) in [5.74, 6) is 0.0798. The number of nitrogens with zero attached hydrogens (tertiary/aromatic N) is 5. The van der Waals surface area contributed by atoms with Crippen LogP contribution in [0.4, 0.5) is 20.3 Å². The number of fused-ring (bicyclic) bond motifs is 1. The van der Waals surface area contributed by atoms with Gasteiger partial charge in [0.25, 0.3) is 6.43 Å². The van der Waals surface area contributed by atoms with Gasteiger partial charge in [-0.25, -0.2) is 18.7 Å². The SMILES string of the molecule is NC1(C(=O)Nc2ccc(-c3cc(N4CCOCC4)nc(-n4c(C(F)F)nc5ccccc54)n3)cc2)CCNCC1. The van der Waals surface area contributed by atoms with Crippen molar-refractivity contribution in [2.24, 2.45) is 5.73 Å². The highest BCUT2D eigenvalue weighted by Crippen LogP contribution is 2.30. The molecule has 4 N–H and O–H groups in total. The molecule has 40 heavy (non-hydrogen) atoms. The number of nitrogens with one attached hydrogen (secondary N) is 2. The predicted molar refractivity (Wildman–Crippen MR) is 148 cm³/mol. The van der Waals surface area contributed by atoms with Gasteiger partial charge in [-0.3, -0.25) is 9.36 Å². The Labute approximate surface area is 229 Å². The summed E-state index contributed by atoms with van der Waals surface area (Å²) in [5.41, 5.74) is 8.28. The summed E-state index contributed by atoms with van der Waals surface area (Å²) >= 11 is 0. The van der Waals surface area contributed by atoms with Gasteiger partial charge in [0.15, 0.2) is 5.82 Å². The van der Waals surface area contributed by atoms with E-state index in [9.17, 15) is 13.6 Å². The van der Waals surface area contributed by atoms with Gasteiger partial charge >= 0.3 is 0 Å². The number of halogens is 2. The average Bonchev–Trinajstić information content (AvgIpc) is 3.38. The van der Waals surface area contributed by atoms with Crippen molar-refractivity contribution < 1.29 is 18.3 Å². The van der Waals surface area contributed by atoms with E-state index in [1.807, 2.05) is 23.1 Å². The highest BCUT2D eigenvalue weighted by Gasteiger charge is 2.35. The predicted octanol–water partition coefficient (Wildman–Crippen LogP) is 3.28. The molecular formula is C28H30F2N8O2. The zero-order valence-electron chi connectivity index (χ0n) is 21.8. The molecule has 2 aromatic carbocycles. The lowest BCUT2D eigenvalue weighted by Crippen LogP contribution is -2.56. The molecule has 10 nitrogen and oxygen atoms in total. The Hall–Kier alpha value is -4.00. The number of anilines is 2. The van der Waals surface area contributed by atoms with E-state index in [1.165, 1.54) is 4.57 Å². The van der Waals surface area contributed by atoms with Crippen molar-refractivity contribution in [3.8, 4) is 17.2 Å². The fourth-order valence-electron chi connectivity index (χ4n) is 5.11. The van der Waals surface area contributed by atoms with Crippen molar-refractivity contribution in [1.82, 2.24) is 24.8 Å². The third-order valence-electron chi connectivity index (χ3n) is 7.40. The van der Waals surface area contributed by atoms with E-state index in [4.69, 9.17) is 20.4 Å². The maximum Gasteiger partial charge on any atom is 0.296 e. The van der Waals surface area contributed by atoms with Crippen LogP contribution in [0.25, 0.3) is 28.2 Å². The highest BCUT2D eigenvalue weighted by molar-refractivity contribution is 5.98. The molecule has 0 atom stereocenters. The number of carbonyl (C=O) groups excluding carboxylic acids is 1. The molecule has 2 aliphatic heterocycles. The highest BCUT2D eigenvalue weighted by atomic mass is 19.3. The van der Waals surface area contributed by atoms with Crippen LogP contribution in [0, 0.1) is 0 Å². The molecule has 2 fully saturated rings. The molecule has 0 radical (unpaired) electrons. The molecule has 0 saturated carbocycles. The summed E-state index contributed by atoms with van der Waals surface area (Å²) in [6.45, 7) is 3.71. The Balaban J connectivity index is 1.38. The third-order valence-corrected chi connectivity index (χ3v) is 7.40. The monoisotopic (exact) mass is 548 g/mol. The molecular weight excluding hydrogens is 518 g/mol. The maximum atomic E-state index is 14.1. The minimum absolute atomic E-state index is 0.108. The molecule has 2 aromatic heterocycles. The Morgan fingerprint density at radius 3 is 2.48 bits per heavy atom. The number of morpholine rings is 1. The summed E-state index contributed by atoms with van der Waals surface area (Å²) in [4.78, 5) is 28.5. The van der Waals surface area contributed by atoms with Gasteiger partial charge in [0.1, 0.15) is 5.82 Å². The molecule has 0 unspecified atom stereocenters. The normalized spacial score (nSPS) is 17.4. The van der Waals surface area contributed by atoms with Gasteiger partial charge < -0.3 is 26.0 Å². The second kappa shape index (κ2) is 10.9. The molecule has 6 rings (SSSR count). The van der Waals surface area contributed by atoms with Crippen molar-refractivity contribution >= 4 is 28.4 Å². The van der Waals surface area contributed by atoms with Crippen LogP contribution < -0.4 is 21.3 Å². The number of alkyl halides is 2. The van der Waals surface area contributed by atoms with E-state index < -0.39 is 17.8 Å². The number of carbonyl (C=O) groups is 1. The van der Waals surface area contributed by atoms with Gasteiger partial charge in [0.05, 0.1) is 35.5 Å². The second-order valence-electron chi connectivity index (χ2n) is 10.0. The van der Waals surface area contributed by atoms with Crippen LogP contribution in [0.1, 0.15) is 25.1 Å². The van der Waals surface area contributed by atoms with Gasteiger partial charge in [-0.1, -0.05) is 24.3 Å². The summed E-state index contributed by atoms with van der Waals surface area (Å²) < 4.78 is 35.1. The number of imidazole rings is 1. The fourth-order valence-corrected chi connectivity index (χ4v) is 5.11. The molecule has 4 aromatic rings. The van der Waals surface area contributed by atoms with E-state index >= 15 is 0 Å². The quantitative estimate of drug-likeness (QED) is 0.336. The van der Waals surface area contributed by atoms with Crippen molar-refractivity contribution in [1.29, 1.82) is 0 Å². The van der Waals surface area contributed by atoms with Crippen molar-refractivity contribution in [3.63, 3.8) is 0 Å². The van der Waals surface area contributed by atoms with E-state index in [2.05, 4.69) is 15.6 Å². The lowest BCUT2D eigenvalue weighted by Gasteiger charge is -2.32. The van der Waals surface area contributed by atoms with Gasteiger partial charge in [-0.05, 0) is 50.2 Å². The number of aromatic nitrogens is 4. The van der Waals surface area contributed by atoms with E-state index in [0.29, 0.717) is 80.5 Å². The molecule has 12 heteroatoms.